The number of carbonyl (C=O) groups excluding carboxylic acids is 2. The van der Waals surface area contributed by atoms with Crippen molar-refractivity contribution in [1.29, 1.82) is 0 Å². The van der Waals surface area contributed by atoms with Crippen LogP contribution in [0, 0.1) is 0 Å². The Kier molecular flexibility index (Phi) is 7.42. The van der Waals surface area contributed by atoms with E-state index in [4.69, 9.17) is 14.6 Å². The van der Waals surface area contributed by atoms with Crippen LogP contribution in [0.1, 0.15) is 47.2 Å². The van der Waals surface area contributed by atoms with Crippen LogP contribution in [0.5, 0.6) is 11.6 Å². The van der Waals surface area contributed by atoms with E-state index in [1.807, 2.05) is 0 Å². The lowest BCUT2D eigenvalue weighted by atomic mass is 10.1. The zero-order valence-corrected chi connectivity index (χ0v) is 18.9. The summed E-state index contributed by atoms with van der Waals surface area (Å²) in [6, 6.07) is 13.9. The number of rotatable bonds is 7. The first-order chi connectivity index (χ1) is 16.1. The number of carbonyl (C=O) groups is 3. The van der Waals surface area contributed by atoms with Gasteiger partial charge < -0.3 is 25.2 Å². The number of anilines is 1. The number of benzene rings is 2. The van der Waals surface area contributed by atoms with E-state index in [1.165, 1.54) is 30.6 Å². The molecule has 1 heterocycles. The maximum Gasteiger partial charge on any atom is 0.407 e. The molecular formula is C24H24N4O6. The first-order valence-corrected chi connectivity index (χ1v) is 10.3. The Hall–Kier alpha value is -4.47. The van der Waals surface area contributed by atoms with Crippen molar-refractivity contribution in [3.05, 3.63) is 77.7 Å². The third-order valence-corrected chi connectivity index (χ3v) is 4.22. The van der Waals surface area contributed by atoms with Crippen LogP contribution in [0.2, 0.25) is 0 Å². The molecule has 10 nitrogen and oxygen atoms in total. The number of aromatic nitrogens is 2. The molecule has 0 aliphatic rings. The SMILES string of the molecule is CC(C)(C)OC(=O)NCc1cc(Oc2cccc(C(=O)Nc3ccc(C(=O)O)cc3)c2)ncn1. The molecule has 0 bridgehead atoms. The summed E-state index contributed by atoms with van der Waals surface area (Å²) < 4.78 is 10.9. The molecule has 0 aliphatic heterocycles. The predicted molar refractivity (Wildman–Crippen MR) is 123 cm³/mol. The van der Waals surface area contributed by atoms with Gasteiger partial charge in [-0.05, 0) is 63.2 Å². The van der Waals surface area contributed by atoms with Crippen LogP contribution in [0.3, 0.4) is 0 Å². The second kappa shape index (κ2) is 10.4. The zero-order valence-electron chi connectivity index (χ0n) is 18.9. The molecule has 0 fully saturated rings. The second-order valence-corrected chi connectivity index (χ2v) is 8.17. The fourth-order valence-corrected chi connectivity index (χ4v) is 2.73. The van der Waals surface area contributed by atoms with Crippen molar-refractivity contribution in [3.63, 3.8) is 0 Å². The molecule has 176 valence electrons. The summed E-state index contributed by atoms with van der Waals surface area (Å²) in [4.78, 5) is 43.5. The van der Waals surface area contributed by atoms with E-state index < -0.39 is 23.6 Å². The first-order valence-electron chi connectivity index (χ1n) is 10.3. The largest absolute Gasteiger partial charge is 0.478 e. The van der Waals surface area contributed by atoms with Gasteiger partial charge in [0.05, 0.1) is 17.8 Å². The van der Waals surface area contributed by atoms with Gasteiger partial charge in [-0.3, -0.25) is 4.79 Å². The van der Waals surface area contributed by atoms with Crippen LogP contribution in [-0.4, -0.2) is 38.6 Å². The van der Waals surface area contributed by atoms with Crippen LogP contribution in [-0.2, 0) is 11.3 Å². The summed E-state index contributed by atoms with van der Waals surface area (Å²) in [5.74, 6) is -0.828. The number of amides is 2. The maximum absolute atomic E-state index is 12.6. The summed E-state index contributed by atoms with van der Waals surface area (Å²) in [7, 11) is 0. The van der Waals surface area contributed by atoms with Crippen molar-refractivity contribution < 1.29 is 29.0 Å². The molecule has 3 aromatic rings. The topological polar surface area (TPSA) is 140 Å². The Bertz CT molecular complexity index is 1190. The average molecular weight is 464 g/mol. The lowest BCUT2D eigenvalue weighted by molar-refractivity contribution is 0.0522. The predicted octanol–water partition coefficient (Wildman–Crippen LogP) is 4.24. The van der Waals surface area contributed by atoms with Crippen molar-refractivity contribution in [3.8, 4) is 11.6 Å². The first kappa shape index (κ1) is 24.2. The van der Waals surface area contributed by atoms with Gasteiger partial charge >= 0.3 is 12.1 Å². The number of carboxylic acid groups (broad SMARTS) is 1. The second-order valence-electron chi connectivity index (χ2n) is 8.17. The number of nitrogens with zero attached hydrogens (tertiary/aromatic N) is 2. The number of ether oxygens (including phenoxy) is 2. The summed E-state index contributed by atoms with van der Waals surface area (Å²) in [6.45, 7) is 5.43. The molecule has 0 saturated heterocycles. The Morgan fingerprint density at radius 2 is 1.71 bits per heavy atom. The van der Waals surface area contributed by atoms with Crippen molar-refractivity contribution in [1.82, 2.24) is 15.3 Å². The molecule has 0 unspecified atom stereocenters. The van der Waals surface area contributed by atoms with E-state index in [9.17, 15) is 14.4 Å². The van der Waals surface area contributed by atoms with E-state index in [0.717, 1.165) is 0 Å². The monoisotopic (exact) mass is 464 g/mol. The molecule has 2 aromatic carbocycles. The summed E-state index contributed by atoms with van der Waals surface area (Å²) >= 11 is 0. The molecule has 0 radical (unpaired) electrons. The summed E-state index contributed by atoms with van der Waals surface area (Å²) in [5, 5.41) is 14.3. The summed E-state index contributed by atoms with van der Waals surface area (Å²) in [6.07, 6.45) is 0.739. The molecule has 10 heteroatoms. The van der Waals surface area contributed by atoms with Crippen LogP contribution < -0.4 is 15.4 Å². The van der Waals surface area contributed by atoms with Gasteiger partial charge in [-0.2, -0.15) is 0 Å². The number of hydrogen-bond acceptors (Lipinski definition) is 7. The van der Waals surface area contributed by atoms with Gasteiger partial charge in [-0.1, -0.05) is 6.07 Å². The van der Waals surface area contributed by atoms with Crippen molar-refractivity contribution >= 4 is 23.7 Å². The number of nitrogens with one attached hydrogen (secondary N) is 2. The highest BCUT2D eigenvalue weighted by molar-refractivity contribution is 6.04. The molecule has 34 heavy (non-hydrogen) atoms. The lowest BCUT2D eigenvalue weighted by Crippen LogP contribution is -2.32. The number of aromatic carboxylic acids is 1. The highest BCUT2D eigenvalue weighted by atomic mass is 16.6. The Morgan fingerprint density at radius 3 is 2.38 bits per heavy atom. The Balaban J connectivity index is 1.62. The van der Waals surface area contributed by atoms with E-state index >= 15 is 0 Å². The van der Waals surface area contributed by atoms with Crippen molar-refractivity contribution in [2.24, 2.45) is 0 Å². The average Bonchev–Trinajstić information content (AvgIpc) is 2.77. The number of hydrogen-bond donors (Lipinski definition) is 3. The minimum Gasteiger partial charge on any atom is -0.478 e. The zero-order chi connectivity index (χ0) is 24.7. The van der Waals surface area contributed by atoms with Crippen LogP contribution in [0.15, 0.2) is 60.9 Å². The van der Waals surface area contributed by atoms with Gasteiger partial charge in [0.15, 0.2) is 0 Å². The molecule has 1 aromatic heterocycles. The van der Waals surface area contributed by atoms with Gasteiger partial charge in [0.1, 0.15) is 17.7 Å². The molecule has 0 saturated carbocycles. The Morgan fingerprint density at radius 1 is 0.971 bits per heavy atom. The number of alkyl carbamates (subject to hydrolysis) is 1. The van der Waals surface area contributed by atoms with Gasteiger partial charge in [0.2, 0.25) is 5.88 Å². The normalized spacial score (nSPS) is 10.8. The number of carboxylic acids is 1. The highest BCUT2D eigenvalue weighted by Gasteiger charge is 2.16. The third-order valence-electron chi connectivity index (χ3n) is 4.22. The van der Waals surface area contributed by atoms with Gasteiger partial charge in [-0.15, -0.1) is 0 Å². The van der Waals surface area contributed by atoms with E-state index in [2.05, 4.69) is 20.6 Å². The molecule has 0 atom stereocenters. The fraction of sp³-hybridized carbons (Fsp3) is 0.208. The molecule has 3 N–H and O–H groups in total. The smallest absolute Gasteiger partial charge is 0.407 e. The minimum absolute atomic E-state index is 0.122. The minimum atomic E-state index is -1.05. The molecule has 0 aliphatic carbocycles. The van der Waals surface area contributed by atoms with E-state index in [1.54, 1.807) is 51.1 Å². The van der Waals surface area contributed by atoms with Gasteiger partial charge in [-0.25, -0.2) is 19.6 Å². The lowest BCUT2D eigenvalue weighted by Gasteiger charge is -2.19. The van der Waals surface area contributed by atoms with Gasteiger partial charge in [0, 0.05) is 17.3 Å². The summed E-state index contributed by atoms with van der Waals surface area (Å²) in [5.41, 5.74) is 0.817. The Labute approximate surface area is 196 Å². The maximum atomic E-state index is 12.6. The standard InChI is InChI=1S/C24H24N4O6/c1-24(2,3)34-23(32)25-13-18-12-20(27-14-26-18)33-19-6-4-5-16(11-19)21(29)28-17-9-7-15(8-10-17)22(30)31/h4-12,14H,13H2,1-3H3,(H,25,32)(H,28,29)(H,30,31). The molecular weight excluding hydrogens is 440 g/mol. The highest BCUT2D eigenvalue weighted by Crippen LogP contribution is 2.21. The van der Waals surface area contributed by atoms with Crippen LogP contribution in [0.25, 0.3) is 0 Å². The van der Waals surface area contributed by atoms with E-state index in [-0.39, 0.29) is 18.0 Å². The molecule has 2 amide bonds. The van der Waals surface area contributed by atoms with Crippen molar-refractivity contribution in [2.45, 2.75) is 32.9 Å². The van der Waals surface area contributed by atoms with Crippen molar-refractivity contribution in [2.75, 3.05) is 5.32 Å². The third kappa shape index (κ3) is 7.30. The van der Waals surface area contributed by atoms with Crippen LogP contribution >= 0.6 is 0 Å². The van der Waals surface area contributed by atoms with Crippen LogP contribution in [0.4, 0.5) is 10.5 Å². The quantitative estimate of drug-likeness (QED) is 0.472. The fourth-order valence-electron chi connectivity index (χ4n) is 2.73. The van der Waals surface area contributed by atoms with Gasteiger partial charge in [0.25, 0.3) is 5.91 Å². The molecule has 0 spiro atoms. The molecule has 3 rings (SSSR count). The van der Waals surface area contributed by atoms with E-state index in [0.29, 0.717) is 22.7 Å².